The van der Waals surface area contributed by atoms with E-state index in [1.165, 1.54) is 49.5 Å². The molecule has 0 saturated heterocycles. The van der Waals surface area contributed by atoms with Gasteiger partial charge in [0.05, 0.1) is 26.4 Å². The minimum absolute atomic E-state index is 0.0579. The van der Waals surface area contributed by atoms with E-state index in [2.05, 4.69) is 4.98 Å². The molecule has 1 aromatic heterocycles. The van der Waals surface area contributed by atoms with Gasteiger partial charge in [-0.05, 0) is 36.8 Å². The molecule has 3 aromatic rings. The van der Waals surface area contributed by atoms with Crippen molar-refractivity contribution >= 4 is 50.0 Å². The summed E-state index contributed by atoms with van der Waals surface area (Å²) in [5.74, 6) is -1.21. The average molecular weight is 440 g/mol. The van der Waals surface area contributed by atoms with Crippen LogP contribution in [0.25, 0.3) is 10.9 Å². The average Bonchev–Trinajstić information content (AvgIpc) is 2.58. The molecule has 0 radical (unpaired) electrons. The number of nitrogen functional groups attached to an aromatic ring is 1. The number of benzene rings is 2. The van der Waals surface area contributed by atoms with E-state index in [0.29, 0.717) is 16.8 Å². The standard InChI is InChI=1S/C10H6N2O4.C7H8ClNO3S/c13-10(14)6-4-5-11-7-2-1-3-8(9(6)7)12(15)16;1-4-2-5(9)3-6(8)7(4)13(10,11)12/h1-5H,(H,13,14);2-3H,9H2,1H3,(H,10,11,12). The summed E-state index contributed by atoms with van der Waals surface area (Å²) in [7, 11) is -4.27. The summed E-state index contributed by atoms with van der Waals surface area (Å²) < 4.78 is 30.4. The van der Waals surface area contributed by atoms with E-state index in [9.17, 15) is 23.3 Å². The number of hydrogen-bond donors (Lipinski definition) is 3. The van der Waals surface area contributed by atoms with E-state index in [0.717, 1.165) is 0 Å². The van der Waals surface area contributed by atoms with Crippen LogP contribution in [0.15, 0.2) is 47.5 Å². The Morgan fingerprint density at radius 2 is 1.93 bits per heavy atom. The lowest BCUT2D eigenvalue weighted by Crippen LogP contribution is -2.02. The van der Waals surface area contributed by atoms with Gasteiger partial charge in [-0.25, -0.2) is 4.79 Å². The molecule has 4 N–H and O–H groups in total. The normalized spacial score (nSPS) is 10.9. The molecule has 0 amide bonds. The van der Waals surface area contributed by atoms with Crippen LogP contribution < -0.4 is 5.73 Å². The largest absolute Gasteiger partial charge is 0.478 e. The van der Waals surface area contributed by atoms with Gasteiger partial charge in [0.15, 0.2) is 0 Å². The molecule has 0 spiro atoms. The fourth-order valence-corrected chi connectivity index (χ4v) is 3.94. The smallest absolute Gasteiger partial charge is 0.336 e. The van der Waals surface area contributed by atoms with Crippen LogP contribution in [0.4, 0.5) is 11.4 Å². The molecule has 0 aliphatic rings. The molecule has 152 valence electrons. The zero-order chi connectivity index (χ0) is 21.9. The van der Waals surface area contributed by atoms with E-state index in [1.54, 1.807) is 0 Å². The van der Waals surface area contributed by atoms with Crippen molar-refractivity contribution in [2.45, 2.75) is 11.8 Å². The van der Waals surface area contributed by atoms with E-state index < -0.39 is 21.0 Å². The summed E-state index contributed by atoms with van der Waals surface area (Å²) in [5.41, 5.74) is 6.03. The van der Waals surface area contributed by atoms with Crippen LogP contribution in [-0.4, -0.2) is 34.0 Å². The summed E-state index contributed by atoms with van der Waals surface area (Å²) >= 11 is 5.60. The number of hydrogen-bond acceptors (Lipinski definition) is 7. The molecule has 0 bridgehead atoms. The Bertz CT molecular complexity index is 1160. The second kappa shape index (κ2) is 8.39. The molecule has 0 saturated carbocycles. The number of aromatic carboxylic acids is 1. The molecule has 0 aliphatic heterocycles. The molecule has 29 heavy (non-hydrogen) atoms. The first-order valence-corrected chi connectivity index (χ1v) is 9.53. The number of pyridine rings is 1. The number of halogens is 1. The molecule has 2 aromatic carbocycles. The molecular weight excluding hydrogens is 426 g/mol. The monoisotopic (exact) mass is 439 g/mol. The van der Waals surface area contributed by atoms with Crippen LogP contribution >= 0.6 is 11.6 Å². The topological polar surface area (TPSA) is 174 Å². The molecule has 0 fully saturated rings. The number of aromatic nitrogens is 1. The Kier molecular flexibility index (Phi) is 6.37. The highest BCUT2D eigenvalue weighted by Crippen LogP contribution is 2.28. The number of nitrogens with zero attached hydrogens (tertiary/aromatic N) is 2. The third-order valence-electron chi connectivity index (χ3n) is 3.68. The maximum Gasteiger partial charge on any atom is 0.336 e. The van der Waals surface area contributed by atoms with Gasteiger partial charge in [-0.2, -0.15) is 8.42 Å². The summed E-state index contributed by atoms with van der Waals surface area (Å²) in [4.78, 5) is 24.7. The Hall–Kier alpha value is -3.28. The van der Waals surface area contributed by atoms with Crippen LogP contribution in [0.3, 0.4) is 0 Å². The first-order valence-electron chi connectivity index (χ1n) is 7.72. The number of rotatable bonds is 3. The highest BCUT2D eigenvalue weighted by molar-refractivity contribution is 7.86. The van der Waals surface area contributed by atoms with Crippen LogP contribution in [0.1, 0.15) is 15.9 Å². The van der Waals surface area contributed by atoms with E-state index in [4.69, 9.17) is 27.0 Å². The molecule has 1 heterocycles. The van der Waals surface area contributed by atoms with E-state index >= 15 is 0 Å². The molecular formula is C17H14ClN3O7S. The number of carboxylic acid groups (broad SMARTS) is 1. The lowest BCUT2D eigenvalue weighted by Gasteiger charge is -2.05. The Morgan fingerprint density at radius 3 is 2.45 bits per heavy atom. The van der Waals surface area contributed by atoms with Crippen LogP contribution in [0.2, 0.25) is 5.02 Å². The van der Waals surface area contributed by atoms with Gasteiger partial charge in [0.2, 0.25) is 0 Å². The first-order chi connectivity index (χ1) is 13.4. The number of anilines is 1. The second-order valence-electron chi connectivity index (χ2n) is 5.72. The van der Waals surface area contributed by atoms with Gasteiger partial charge in [-0.15, -0.1) is 0 Å². The fourth-order valence-electron chi connectivity index (χ4n) is 2.60. The predicted octanol–water partition coefficient (Wildman–Crippen LogP) is 3.32. The zero-order valence-corrected chi connectivity index (χ0v) is 16.3. The Labute approximate surface area is 169 Å². The molecule has 12 heteroatoms. The van der Waals surface area contributed by atoms with Gasteiger partial charge in [0.25, 0.3) is 15.8 Å². The van der Waals surface area contributed by atoms with Crippen LogP contribution in [0.5, 0.6) is 0 Å². The summed E-state index contributed by atoms with van der Waals surface area (Å²) in [6.45, 7) is 1.51. The molecule has 0 unspecified atom stereocenters. The van der Waals surface area contributed by atoms with E-state index in [1.807, 2.05) is 0 Å². The molecule has 10 nitrogen and oxygen atoms in total. The third-order valence-corrected chi connectivity index (χ3v) is 5.15. The maximum atomic E-state index is 10.9. The van der Waals surface area contributed by atoms with Crippen molar-refractivity contribution in [2.24, 2.45) is 0 Å². The summed E-state index contributed by atoms with van der Waals surface area (Å²) in [5, 5.41) is 19.7. The molecule has 3 rings (SSSR count). The second-order valence-corrected chi connectivity index (χ2v) is 7.48. The van der Waals surface area contributed by atoms with Gasteiger partial charge < -0.3 is 10.8 Å². The SMILES string of the molecule is Cc1cc(N)cc(Cl)c1S(=O)(=O)O.O=C(O)c1ccnc2cccc([N+](=O)[O-])c12. The molecule has 0 atom stereocenters. The van der Waals surface area contributed by atoms with Crippen molar-refractivity contribution in [1.29, 1.82) is 0 Å². The van der Waals surface area contributed by atoms with Gasteiger partial charge in [0, 0.05) is 18.0 Å². The number of nitro groups is 1. The van der Waals surface area contributed by atoms with Gasteiger partial charge in [-0.3, -0.25) is 19.7 Å². The van der Waals surface area contributed by atoms with Crippen molar-refractivity contribution in [3.63, 3.8) is 0 Å². The van der Waals surface area contributed by atoms with Crippen LogP contribution in [-0.2, 0) is 10.1 Å². The number of carbonyl (C=O) groups is 1. The van der Waals surface area contributed by atoms with E-state index in [-0.39, 0.29) is 26.6 Å². The maximum absolute atomic E-state index is 10.9. The van der Waals surface area contributed by atoms with Crippen molar-refractivity contribution < 1.29 is 27.8 Å². The highest BCUT2D eigenvalue weighted by atomic mass is 35.5. The molecule has 0 aliphatic carbocycles. The van der Waals surface area contributed by atoms with Gasteiger partial charge in [0.1, 0.15) is 4.90 Å². The lowest BCUT2D eigenvalue weighted by molar-refractivity contribution is -0.383. The summed E-state index contributed by atoms with van der Waals surface area (Å²) in [6, 6.07) is 8.22. The predicted molar refractivity (Wildman–Crippen MR) is 106 cm³/mol. The zero-order valence-electron chi connectivity index (χ0n) is 14.7. The highest BCUT2D eigenvalue weighted by Gasteiger charge is 2.19. The van der Waals surface area contributed by atoms with Crippen molar-refractivity contribution in [2.75, 3.05) is 5.73 Å². The number of nitrogens with two attached hydrogens (primary N) is 1. The minimum atomic E-state index is -4.27. The number of carboxylic acids is 1. The third kappa shape index (κ3) is 4.96. The lowest BCUT2D eigenvalue weighted by atomic mass is 10.1. The fraction of sp³-hybridized carbons (Fsp3) is 0.0588. The quantitative estimate of drug-likeness (QED) is 0.239. The number of fused-ring (bicyclic) bond motifs is 1. The first kappa shape index (κ1) is 22.0. The number of aryl methyl sites for hydroxylation is 1. The summed E-state index contributed by atoms with van der Waals surface area (Å²) in [6.07, 6.45) is 1.31. The van der Waals surface area contributed by atoms with Crippen molar-refractivity contribution in [3.05, 3.63) is 68.9 Å². The Balaban J connectivity index is 0.000000212. The van der Waals surface area contributed by atoms with Crippen molar-refractivity contribution in [1.82, 2.24) is 4.98 Å². The Morgan fingerprint density at radius 1 is 1.28 bits per heavy atom. The van der Waals surface area contributed by atoms with Crippen molar-refractivity contribution in [3.8, 4) is 0 Å². The number of nitro benzene ring substituents is 1. The van der Waals surface area contributed by atoms with Gasteiger partial charge >= 0.3 is 5.97 Å². The van der Waals surface area contributed by atoms with Gasteiger partial charge in [-0.1, -0.05) is 17.7 Å². The number of non-ortho nitro benzene ring substituents is 1. The van der Waals surface area contributed by atoms with Crippen LogP contribution in [0, 0.1) is 17.0 Å². The minimum Gasteiger partial charge on any atom is -0.478 e.